The van der Waals surface area contributed by atoms with E-state index in [1.54, 1.807) is 0 Å². The number of aliphatic carboxylic acids is 1. The minimum absolute atomic E-state index is 0.0704. The third-order valence-corrected chi connectivity index (χ3v) is 4.44. The molecule has 1 atom stereocenters. The summed E-state index contributed by atoms with van der Waals surface area (Å²) in [5.41, 5.74) is -1.49. The zero-order chi connectivity index (χ0) is 16.4. The van der Waals surface area contributed by atoms with Gasteiger partial charge < -0.3 is 14.5 Å². The highest BCUT2D eigenvalue weighted by Gasteiger charge is 2.46. The number of hydrogen-bond acceptors (Lipinski definition) is 6. The van der Waals surface area contributed by atoms with Gasteiger partial charge in [-0.3, -0.25) is 4.79 Å². The summed E-state index contributed by atoms with van der Waals surface area (Å²) < 4.78 is 19.0. The van der Waals surface area contributed by atoms with E-state index in [9.17, 15) is 14.0 Å². The van der Waals surface area contributed by atoms with Crippen molar-refractivity contribution in [3.05, 3.63) is 22.7 Å². The summed E-state index contributed by atoms with van der Waals surface area (Å²) in [6.45, 7) is -0.309. The largest absolute Gasteiger partial charge is 0.479 e. The van der Waals surface area contributed by atoms with Crippen molar-refractivity contribution >= 4 is 23.2 Å². The number of likely N-dealkylation sites (tertiary alicyclic amines) is 1. The van der Waals surface area contributed by atoms with Gasteiger partial charge in [0.1, 0.15) is 0 Å². The molecule has 1 amide bonds. The van der Waals surface area contributed by atoms with Crippen LogP contribution in [0.3, 0.4) is 0 Å². The van der Waals surface area contributed by atoms with E-state index in [-0.39, 0.29) is 31.7 Å². The maximum absolute atomic E-state index is 13.9. The van der Waals surface area contributed by atoms with Gasteiger partial charge in [-0.2, -0.15) is 16.3 Å². The van der Waals surface area contributed by atoms with Crippen LogP contribution in [0.4, 0.5) is 4.39 Å². The van der Waals surface area contributed by atoms with Gasteiger partial charge in [0.2, 0.25) is 23.3 Å². The number of carboxylic acids is 1. The van der Waals surface area contributed by atoms with Gasteiger partial charge in [-0.25, -0.2) is 9.18 Å². The lowest BCUT2D eigenvalue weighted by molar-refractivity contribution is -0.150. The molecule has 0 spiro atoms. The van der Waals surface area contributed by atoms with E-state index in [1.807, 2.05) is 16.8 Å². The summed E-state index contributed by atoms with van der Waals surface area (Å²) in [5, 5.41) is 16.4. The standard InChI is InChI=1S/C14H14FN3O4S/c15-14(13(20)21)4-5-18(8-14)11(19)2-1-10-16-12(17-22-10)9-3-6-23-7-9/h3,6-7H,1-2,4-5,8H2,(H,20,21). The molecule has 3 heterocycles. The number of hydrogen-bond donors (Lipinski definition) is 1. The van der Waals surface area contributed by atoms with Crippen LogP contribution in [-0.4, -0.2) is 50.8 Å². The van der Waals surface area contributed by atoms with Crippen molar-refractivity contribution in [2.24, 2.45) is 0 Å². The second-order valence-electron chi connectivity index (χ2n) is 5.36. The van der Waals surface area contributed by atoms with Gasteiger partial charge in [-0.1, -0.05) is 5.16 Å². The fraction of sp³-hybridized carbons (Fsp3) is 0.429. The molecule has 1 fully saturated rings. The molecule has 122 valence electrons. The topological polar surface area (TPSA) is 96.5 Å². The van der Waals surface area contributed by atoms with Gasteiger partial charge in [0, 0.05) is 36.8 Å². The maximum atomic E-state index is 13.9. The fourth-order valence-corrected chi connectivity index (χ4v) is 3.03. The van der Waals surface area contributed by atoms with Crippen molar-refractivity contribution < 1.29 is 23.6 Å². The first kappa shape index (κ1) is 15.6. The third kappa shape index (κ3) is 3.24. The van der Waals surface area contributed by atoms with Crippen LogP contribution in [0.5, 0.6) is 0 Å². The predicted octanol–water partition coefficient (Wildman–Crippen LogP) is 1.76. The SMILES string of the molecule is O=C(CCc1nc(-c2ccsc2)no1)N1CCC(F)(C(=O)O)C1. The Balaban J connectivity index is 1.55. The second-order valence-corrected chi connectivity index (χ2v) is 6.14. The molecule has 2 aromatic rings. The molecular weight excluding hydrogens is 325 g/mol. The Kier molecular flexibility index (Phi) is 4.12. The van der Waals surface area contributed by atoms with Gasteiger partial charge in [-0.15, -0.1) is 0 Å². The third-order valence-electron chi connectivity index (χ3n) is 3.76. The van der Waals surface area contributed by atoms with Gasteiger partial charge in [-0.05, 0) is 11.4 Å². The first-order valence-corrected chi connectivity index (χ1v) is 7.97. The van der Waals surface area contributed by atoms with Crippen molar-refractivity contribution in [1.29, 1.82) is 0 Å². The number of rotatable bonds is 5. The number of thiophene rings is 1. The molecule has 0 bridgehead atoms. The zero-order valence-electron chi connectivity index (χ0n) is 12.1. The number of carbonyl (C=O) groups is 2. The van der Waals surface area contributed by atoms with Crippen LogP contribution in [0.1, 0.15) is 18.7 Å². The summed E-state index contributed by atoms with van der Waals surface area (Å²) in [4.78, 5) is 28.3. The molecule has 0 aliphatic carbocycles. The maximum Gasteiger partial charge on any atom is 0.343 e. The van der Waals surface area contributed by atoms with Gasteiger partial charge in [0.15, 0.2) is 0 Å². The molecule has 0 saturated carbocycles. The van der Waals surface area contributed by atoms with E-state index in [0.717, 1.165) is 5.56 Å². The molecule has 23 heavy (non-hydrogen) atoms. The number of amides is 1. The van der Waals surface area contributed by atoms with Crippen molar-refractivity contribution in [2.45, 2.75) is 24.9 Å². The van der Waals surface area contributed by atoms with Gasteiger partial charge >= 0.3 is 5.97 Å². The molecule has 0 radical (unpaired) electrons. The van der Waals surface area contributed by atoms with Gasteiger partial charge in [0.05, 0.1) is 6.54 Å². The number of carbonyl (C=O) groups excluding carboxylic acids is 1. The Morgan fingerprint density at radius 3 is 3.00 bits per heavy atom. The van der Waals surface area contributed by atoms with E-state index in [2.05, 4.69) is 10.1 Å². The highest BCUT2D eigenvalue weighted by molar-refractivity contribution is 7.08. The molecule has 1 aliphatic heterocycles. The number of alkyl halides is 1. The number of carboxylic acid groups (broad SMARTS) is 1. The van der Waals surface area contributed by atoms with Crippen molar-refractivity contribution in [3.8, 4) is 11.4 Å². The Morgan fingerprint density at radius 2 is 2.35 bits per heavy atom. The first-order chi connectivity index (χ1) is 11.0. The summed E-state index contributed by atoms with van der Waals surface area (Å²) in [7, 11) is 0. The summed E-state index contributed by atoms with van der Waals surface area (Å²) in [6, 6.07) is 1.86. The molecule has 7 nitrogen and oxygen atoms in total. The summed E-state index contributed by atoms with van der Waals surface area (Å²) in [6.07, 6.45) is 0.122. The highest BCUT2D eigenvalue weighted by atomic mass is 32.1. The van der Waals surface area contributed by atoms with Crippen LogP contribution in [0.25, 0.3) is 11.4 Å². The normalized spacial score (nSPS) is 20.8. The van der Waals surface area contributed by atoms with E-state index in [1.165, 1.54) is 16.2 Å². The fourth-order valence-electron chi connectivity index (χ4n) is 2.40. The van der Waals surface area contributed by atoms with Crippen LogP contribution in [-0.2, 0) is 16.0 Å². The highest BCUT2D eigenvalue weighted by Crippen LogP contribution is 2.26. The quantitative estimate of drug-likeness (QED) is 0.891. The number of aromatic nitrogens is 2. The average molecular weight is 339 g/mol. The molecule has 3 rings (SSSR count). The van der Waals surface area contributed by atoms with Crippen LogP contribution in [0.2, 0.25) is 0 Å². The Morgan fingerprint density at radius 1 is 1.52 bits per heavy atom. The van der Waals surface area contributed by atoms with Crippen LogP contribution in [0.15, 0.2) is 21.3 Å². The molecule has 1 unspecified atom stereocenters. The molecular formula is C14H14FN3O4S. The Hall–Kier alpha value is -2.29. The average Bonchev–Trinajstić information content (AvgIpc) is 3.25. The molecule has 9 heteroatoms. The minimum atomic E-state index is -2.34. The first-order valence-electron chi connectivity index (χ1n) is 7.03. The monoisotopic (exact) mass is 339 g/mol. The Labute approximate surface area is 134 Å². The van der Waals surface area contributed by atoms with Crippen molar-refractivity contribution in [3.63, 3.8) is 0 Å². The number of aryl methyl sites for hydroxylation is 1. The zero-order valence-corrected chi connectivity index (χ0v) is 12.9. The summed E-state index contributed by atoms with van der Waals surface area (Å²) in [5.74, 6) is -1.06. The number of nitrogens with zero attached hydrogens (tertiary/aromatic N) is 3. The smallest absolute Gasteiger partial charge is 0.343 e. The van der Waals surface area contributed by atoms with E-state index in [0.29, 0.717) is 11.7 Å². The van der Waals surface area contributed by atoms with Crippen LogP contribution < -0.4 is 0 Å². The predicted molar refractivity (Wildman–Crippen MR) is 78.6 cm³/mol. The van der Waals surface area contributed by atoms with Gasteiger partial charge in [0.25, 0.3) is 0 Å². The van der Waals surface area contributed by atoms with Crippen LogP contribution >= 0.6 is 11.3 Å². The lowest BCUT2D eigenvalue weighted by Gasteiger charge is -2.17. The van der Waals surface area contributed by atoms with E-state index in [4.69, 9.17) is 9.63 Å². The van der Waals surface area contributed by atoms with E-state index < -0.39 is 18.2 Å². The van der Waals surface area contributed by atoms with Crippen LogP contribution in [0, 0.1) is 0 Å². The molecule has 2 aromatic heterocycles. The lowest BCUT2D eigenvalue weighted by atomic mass is 10.1. The molecule has 1 N–H and O–H groups in total. The lowest BCUT2D eigenvalue weighted by Crippen LogP contribution is -2.38. The Bertz CT molecular complexity index is 717. The van der Waals surface area contributed by atoms with Crippen molar-refractivity contribution in [1.82, 2.24) is 15.0 Å². The molecule has 0 aromatic carbocycles. The second kappa shape index (κ2) is 6.07. The van der Waals surface area contributed by atoms with E-state index >= 15 is 0 Å². The number of halogens is 1. The summed E-state index contributed by atoms with van der Waals surface area (Å²) >= 11 is 1.51. The molecule has 1 aliphatic rings. The molecule has 1 saturated heterocycles. The minimum Gasteiger partial charge on any atom is -0.479 e. The van der Waals surface area contributed by atoms with Crippen molar-refractivity contribution in [2.75, 3.05) is 13.1 Å².